The largest absolute Gasteiger partial charge is 0.497 e. The molecule has 1 aliphatic heterocycles. The van der Waals surface area contributed by atoms with Gasteiger partial charge in [-0.2, -0.15) is 0 Å². The second kappa shape index (κ2) is 17.8. The topological polar surface area (TPSA) is 119 Å². The first-order valence-corrected chi connectivity index (χ1v) is 19.9. The first-order valence-electron chi connectivity index (χ1n) is 16.2. The summed E-state index contributed by atoms with van der Waals surface area (Å²) in [5.41, 5.74) is 1.48. The number of hydrogen-bond donors (Lipinski definition) is 1. The van der Waals surface area contributed by atoms with Gasteiger partial charge in [-0.25, -0.2) is 9.59 Å². The number of methoxy groups -OCH3 is 2. The summed E-state index contributed by atoms with van der Waals surface area (Å²) < 4.78 is 40.8. The molecule has 1 heterocycles. The van der Waals surface area contributed by atoms with Crippen molar-refractivity contribution < 1.29 is 47.9 Å². The van der Waals surface area contributed by atoms with E-state index >= 15 is 0 Å². The number of ether oxygens (including phenoxy) is 7. The highest BCUT2D eigenvalue weighted by Crippen LogP contribution is 2.36. The van der Waals surface area contributed by atoms with E-state index in [1.54, 1.807) is 56.5 Å². The van der Waals surface area contributed by atoms with Gasteiger partial charge in [0.25, 0.3) is 0 Å². The molecule has 0 bridgehead atoms. The summed E-state index contributed by atoms with van der Waals surface area (Å²) in [6, 6.07) is 13.1. The lowest BCUT2D eigenvalue weighted by Crippen LogP contribution is -2.37. The van der Waals surface area contributed by atoms with Crippen LogP contribution in [0.15, 0.2) is 54.6 Å². The third-order valence-corrected chi connectivity index (χ3v) is 9.25. The first-order chi connectivity index (χ1) is 22.2. The standard InChI is InChI=1S/C36H52O10Si/c1-25(37)14-12-18-29(44-34(38)26-15-10-9-11-16-26)33-30(45-36(2,3)46-33)19-13-17-27-22-28(41-5)23-31(43-24-40-4)32(27)35(39)42-20-21-47(6,7)8/h9-12,15-16,18,22-23,25,29-30,33,37H,13-14,17,19-21,24H2,1-8H3/t25-,29?,30-,33?/m0/s1. The summed E-state index contributed by atoms with van der Waals surface area (Å²) in [6.45, 7) is 12.3. The predicted molar refractivity (Wildman–Crippen MR) is 182 cm³/mol. The highest BCUT2D eigenvalue weighted by molar-refractivity contribution is 6.76. The third kappa shape index (κ3) is 12.4. The van der Waals surface area contributed by atoms with Crippen molar-refractivity contribution in [3.05, 3.63) is 71.3 Å². The number of carbonyl (C=O) groups is 2. The van der Waals surface area contributed by atoms with Gasteiger partial charge in [0.05, 0.1) is 31.5 Å². The number of rotatable bonds is 18. The van der Waals surface area contributed by atoms with Crippen LogP contribution < -0.4 is 9.47 Å². The minimum Gasteiger partial charge on any atom is -0.497 e. The van der Waals surface area contributed by atoms with Gasteiger partial charge in [0, 0.05) is 21.3 Å². The minimum atomic E-state index is -1.42. The van der Waals surface area contributed by atoms with Crippen LogP contribution >= 0.6 is 0 Å². The molecule has 260 valence electrons. The fourth-order valence-corrected chi connectivity index (χ4v) is 5.91. The number of benzene rings is 2. The van der Waals surface area contributed by atoms with Gasteiger partial charge < -0.3 is 38.3 Å². The van der Waals surface area contributed by atoms with Crippen molar-refractivity contribution in [2.24, 2.45) is 0 Å². The molecule has 1 N–H and O–H groups in total. The van der Waals surface area contributed by atoms with E-state index in [1.165, 1.54) is 7.11 Å². The molecule has 1 aliphatic rings. The molecule has 2 aromatic rings. The van der Waals surface area contributed by atoms with E-state index < -0.39 is 50.2 Å². The second-order valence-corrected chi connectivity index (χ2v) is 19.1. The van der Waals surface area contributed by atoms with Crippen LogP contribution in [0.4, 0.5) is 0 Å². The lowest BCUT2D eigenvalue weighted by Gasteiger charge is -2.25. The van der Waals surface area contributed by atoms with Crippen LogP contribution in [-0.4, -0.2) is 82.9 Å². The van der Waals surface area contributed by atoms with Crippen LogP contribution in [0, 0.1) is 0 Å². The van der Waals surface area contributed by atoms with Gasteiger partial charge in [0.15, 0.2) is 12.6 Å². The predicted octanol–water partition coefficient (Wildman–Crippen LogP) is 6.57. The van der Waals surface area contributed by atoms with E-state index in [2.05, 4.69) is 19.6 Å². The molecule has 2 unspecified atom stereocenters. The molecular formula is C36H52O10Si. The monoisotopic (exact) mass is 672 g/mol. The summed E-state index contributed by atoms with van der Waals surface area (Å²) in [4.78, 5) is 26.6. The van der Waals surface area contributed by atoms with E-state index in [-0.39, 0.29) is 6.79 Å². The minimum absolute atomic E-state index is 0.0442. The Morgan fingerprint density at radius 2 is 1.79 bits per heavy atom. The van der Waals surface area contributed by atoms with E-state index in [0.717, 1.165) is 6.04 Å². The molecule has 0 aromatic heterocycles. The number of esters is 2. The lowest BCUT2D eigenvalue weighted by molar-refractivity contribution is -0.153. The van der Waals surface area contributed by atoms with E-state index in [9.17, 15) is 14.7 Å². The van der Waals surface area contributed by atoms with Crippen molar-refractivity contribution in [3.63, 3.8) is 0 Å². The van der Waals surface area contributed by atoms with E-state index in [1.807, 2.05) is 26.0 Å². The van der Waals surface area contributed by atoms with E-state index in [0.29, 0.717) is 60.5 Å². The normalized spacial score (nSPS) is 18.9. The van der Waals surface area contributed by atoms with Crippen molar-refractivity contribution in [1.29, 1.82) is 0 Å². The number of aliphatic hydroxyl groups is 1. The fraction of sp³-hybridized carbons (Fsp3) is 0.556. The van der Waals surface area contributed by atoms with Crippen LogP contribution in [0.5, 0.6) is 11.5 Å². The summed E-state index contributed by atoms with van der Waals surface area (Å²) in [7, 11) is 1.65. The van der Waals surface area contributed by atoms with Crippen LogP contribution in [0.25, 0.3) is 0 Å². The quantitative estimate of drug-likeness (QED) is 0.0806. The van der Waals surface area contributed by atoms with Crippen molar-refractivity contribution in [1.82, 2.24) is 0 Å². The molecule has 0 saturated carbocycles. The maximum atomic E-state index is 13.5. The molecule has 0 aliphatic carbocycles. The molecule has 11 heteroatoms. The van der Waals surface area contributed by atoms with Gasteiger partial charge in [0.1, 0.15) is 29.3 Å². The Bertz CT molecular complexity index is 1320. The lowest BCUT2D eigenvalue weighted by atomic mass is 9.96. The highest BCUT2D eigenvalue weighted by atomic mass is 28.3. The number of aryl methyl sites for hydroxylation is 1. The fourth-order valence-electron chi connectivity index (χ4n) is 5.20. The molecule has 0 amide bonds. The zero-order chi connectivity index (χ0) is 34.6. The average molecular weight is 673 g/mol. The van der Waals surface area contributed by atoms with Crippen LogP contribution in [-0.2, 0) is 30.1 Å². The van der Waals surface area contributed by atoms with Gasteiger partial charge in [-0.3, -0.25) is 0 Å². The van der Waals surface area contributed by atoms with Crippen LogP contribution in [0.2, 0.25) is 25.7 Å². The van der Waals surface area contributed by atoms with E-state index in [4.69, 9.17) is 33.2 Å². The maximum absolute atomic E-state index is 13.5. The molecule has 1 fully saturated rings. The van der Waals surface area contributed by atoms with Crippen molar-refractivity contribution in [3.8, 4) is 11.5 Å². The van der Waals surface area contributed by atoms with Gasteiger partial charge in [-0.15, -0.1) is 0 Å². The molecule has 2 aromatic carbocycles. The van der Waals surface area contributed by atoms with Gasteiger partial charge >= 0.3 is 11.9 Å². The van der Waals surface area contributed by atoms with Crippen LogP contribution in [0.3, 0.4) is 0 Å². The molecule has 3 rings (SSSR count). The Kier molecular flexibility index (Phi) is 14.5. The van der Waals surface area contributed by atoms with Crippen molar-refractivity contribution >= 4 is 20.0 Å². The Morgan fingerprint density at radius 1 is 1.06 bits per heavy atom. The second-order valence-electron chi connectivity index (χ2n) is 13.4. The summed E-state index contributed by atoms with van der Waals surface area (Å²) in [5, 5.41) is 9.83. The molecule has 4 atom stereocenters. The van der Waals surface area contributed by atoms with Crippen molar-refractivity contribution in [2.75, 3.05) is 27.6 Å². The Labute approximate surface area is 280 Å². The molecule has 0 radical (unpaired) electrons. The third-order valence-electron chi connectivity index (χ3n) is 7.55. The summed E-state index contributed by atoms with van der Waals surface area (Å²) in [5.74, 6) is -0.993. The number of hydrogen-bond acceptors (Lipinski definition) is 10. The zero-order valence-electron chi connectivity index (χ0n) is 29.1. The highest BCUT2D eigenvalue weighted by Gasteiger charge is 2.45. The number of aliphatic hydroxyl groups excluding tert-OH is 1. The smallest absolute Gasteiger partial charge is 0.342 e. The Morgan fingerprint density at radius 3 is 2.43 bits per heavy atom. The molecule has 0 spiro atoms. The molecule has 47 heavy (non-hydrogen) atoms. The van der Waals surface area contributed by atoms with Gasteiger partial charge in [-0.1, -0.05) is 43.9 Å². The Balaban J connectivity index is 1.84. The van der Waals surface area contributed by atoms with Crippen LogP contribution in [0.1, 0.15) is 66.3 Å². The Hall–Kier alpha value is -3.22. The zero-order valence-corrected chi connectivity index (χ0v) is 30.1. The van der Waals surface area contributed by atoms with Gasteiger partial charge in [0.2, 0.25) is 0 Å². The average Bonchev–Trinajstić information content (AvgIpc) is 3.32. The summed E-state index contributed by atoms with van der Waals surface area (Å²) >= 11 is 0. The molecule has 1 saturated heterocycles. The summed E-state index contributed by atoms with van der Waals surface area (Å²) in [6.07, 6.45) is 3.19. The maximum Gasteiger partial charge on any atom is 0.342 e. The molecule has 10 nitrogen and oxygen atoms in total. The number of carbonyl (C=O) groups excluding carboxylic acids is 2. The van der Waals surface area contributed by atoms with Gasteiger partial charge in [-0.05, 0) is 82.3 Å². The SMILES string of the molecule is COCOc1cc(OC)cc(CCC[C@@H]2OC(C)(C)OC2C(C=CC[C@H](C)O)OC(=O)c2ccccc2)c1C(=O)OCC[Si](C)(C)C. The molecular weight excluding hydrogens is 620 g/mol. The first kappa shape index (κ1) is 38.2. The van der Waals surface area contributed by atoms with Crippen molar-refractivity contribution in [2.45, 2.75) is 102 Å².